The Hall–Kier alpha value is -1.84. The average Bonchev–Trinajstić information content (AvgIpc) is 3.04. The Bertz CT molecular complexity index is 587. The molecule has 2 aromatic carbocycles. The molecule has 0 spiro atoms. The van der Waals surface area contributed by atoms with Gasteiger partial charge in [-0.05, 0) is 49.3 Å². The van der Waals surface area contributed by atoms with E-state index in [-0.39, 0.29) is 18.1 Å². The Labute approximate surface area is 138 Å². The fourth-order valence-corrected chi connectivity index (χ4v) is 3.44. The predicted molar refractivity (Wildman–Crippen MR) is 92.3 cm³/mol. The first-order chi connectivity index (χ1) is 11.2. The van der Waals surface area contributed by atoms with Crippen molar-refractivity contribution >= 4 is 0 Å². The summed E-state index contributed by atoms with van der Waals surface area (Å²) in [6.07, 6.45) is 3.25. The highest BCUT2D eigenvalue weighted by Gasteiger charge is 2.33. The molecule has 1 saturated carbocycles. The van der Waals surface area contributed by atoms with Crippen molar-refractivity contribution in [2.24, 2.45) is 11.7 Å². The molecule has 3 heteroatoms. The fourth-order valence-electron chi connectivity index (χ4n) is 3.44. The number of hydrogen-bond acceptors (Lipinski definition) is 3. The van der Waals surface area contributed by atoms with Crippen LogP contribution in [-0.4, -0.2) is 23.4 Å². The zero-order chi connectivity index (χ0) is 16.1. The summed E-state index contributed by atoms with van der Waals surface area (Å²) >= 11 is 0. The Morgan fingerprint density at radius 3 is 2.35 bits per heavy atom. The molecular formula is C20H25NO2. The third-order valence-corrected chi connectivity index (χ3v) is 4.71. The van der Waals surface area contributed by atoms with Gasteiger partial charge in [-0.25, -0.2) is 0 Å². The first-order valence-corrected chi connectivity index (χ1v) is 8.41. The summed E-state index contributed by atoms with van der Waals surface area (Å²) in [5, 5.41) is 10.6. The number of nitrogens with two attached hydrogens (primary N) is 1. The SMILES string of the molecule is N[C@@H](Cc1ccccc1)[C@H](O)[C@@H]1CC[C@H](Oc2ccccc2)C1. The predicted octanol–water partition coefficient (Wildman–Crippen LogP) is 3.17. The lowest BCUT2D eigenvalue weighted by Crippen LogP contribution is -2.41. The van der Waals surface area contributed by atoms with Crippen molar-refractivity contribution in [3.63, 3.8) is 0 Å². The van der Waals surface area contributed by atoms with Crippen molar-refractivity contribution in [2.45, 2.75) is 43.9 Å². The molecule has 0 saturated heterocycles. The van der Waals surface area contributed by atoms with Crippen LogP contribution in [0.1, 0.15) is 24.8 Å². The Morgan fingerprint density at radius 1 is 1.00 bits per heavy atom. The van der Waals surface area contributed by atoms with Crippen molar-refractivity contribution in [3.05, 3.63) is 66.2 Å². The molecule has 0 heterocycles. The standard InChI is InChI=1S/C20H25NO2/c21-19(13-15-7-3-1-4-8-15)20(22)16-11-12-18(14-16)23-17-9-5-2-6-10-17/h1-10,16,18-20,22H,11-14,21H2/t16-,18+,19+,20-/m1/s1. The molecule has 3 N–H and O–H groups in total. The largest absolute Gasteiger partial charge is 0.490 e. The highest BCUT2D eigenvalue weighted by Crippen LogP contribution is 2.32. The number of benzene rings is 2. The molecule has 0 unspecified atom stereocenters. The first kappa shape index (κ1) is 16.0. The Morgan fingerprint density at radius 2 is 1.65 bits per heavy atom. The molecule has 1 aliphatic carbocycles. The molecule has 0 bridgehead atoms. The summed E-state index contributed by atoms with van der Waals surface area (Å²) in [7, 11) is 0. The van der Waals surface area contributed by atoms with Gasteiger partial charge >= 0.3 is 0 Å². The zero-order valence-corrected chi connectivity index (χ0v) is 13.3. The normalized spacial score (nSPS) is 23.4. The van der Waals surface area contributed by atoms with Gasteiger partial charge in [-0.15, -0.1) is 0 Å². The monoisotopic (exact) mass is 311 g/mol. The molecule has 0 aliphatic heterocycles. The van der Waals surface area contributed by atoms with Gasteiger partial charge in [0.1, 0.15) is 5.75 Å². The molecule has 3 rings (SSSR count). The number of aliphatic hydroxyl groups is 1. The van der Waals surface area contributed by atoms with Gasteiger partial charge in [0.15, 0.2) is 0 Å². The van der Waals surface area contributed by atoms with Gasteiger partial charge in [-0.3, -0.25) is 0 Å². The van der Waals surface area contributed by atoms with Crippen LogP contribution in [0.2, 0.25) is 0 Å². The number of hydrogen-bond donors (Lipinski definition) is 2. The molecule has 1 fully saturated rings. The van der Waals surface area contributed by atoms with Crippen LogP contribution in [0.15, 0.2) is 60.7 Å². The topological polar surface area (TPSA) is 55.5 Å². The van der Waals surface area contributed by atoms with E-state index in [0.29, 0.717) is 6.42 Å². The van der Waals surface area contributed by atoms with E-state index >= 15 is 0 Å². The Kier molecular flexibility index (Phi) is 5.31. The van der Waals surface area contributed by atoms with Crippen LogP contribution in [0, 0.1) is 5.92 Å². The summed E-state index contributed by atoms with van der Waals surface area (Å²) in [6.45, 7) is 0. The van der Waals surface area contributed by atoms with Gasteiger partial charge < -0.3 is 15.6 Å². The van der Waals surface area contributed by atoms with E-state index in [2.05, 4.69) is 12.1 Å². The number of ether oxygens (including phenoxy) is 1. The van der Waals surface area contributed by atoms with Crippen molar-refractivity contribution in [2.75, 3.05) is 0 Å². The van der Waals surface area contributed by atoms with Gasteiger partial charge in [-0.2, -0.15) is 0 Å². The average molecular weight is 311 g/mol. The maximum absolute atomic E-state index is 10.6. The van der Waals surface area contributed by atoms with Crippen molar-refractivity contribution in [3.8, 4) is 5.75 Å². The zero-order valence-electron chi connectivity index (χ0n) is 13.3. The lowest BCUT2D eigenvalue weighted by molar-refractivity contribution is 0.0772. The maximum atomic E-state index is 10.6. The second kappa shape index (κ2) is 7.62. The summed E-state index contributed by atoms with van der Waals surface area (Å²) in [5.41, 5.74) is 7.41. The van der Waals surface area contributed by atoms with Gasteiger partial charge in [0, 0.05) is 6.04 Å². The molecule has 0 aromatic heterocycles. The maximum Gasteiger partial charge on any atom is 0.119 e. The van der Waals surface area contributed by atoms with Crippen LogP contribution in [-0.2, 0) is 6.42 Å². The number of para-hydroxylation sites is 1. The highest BCUT2D eigenvalue weighted by molar-refractivity contribution is 5.21. The molecule has 23 heavy (non-hydrogen) atoms. The van der Waals surface area contributed by atoms with E-state index < -0.39 is 6.10 Å². The molecule has 4 atom stereocenters. The minimum atomic E-state index is -0.473. The van der Waals surface area contributed by atoms with E-state index in [9.17, 15) is 5.11 Å². The van der Waals surface area contributed by atoms with Crippen LogP contribution in [0.3, 0.4) is 0 Å². The third-order valence-electron chi connectivity index (χ3n) is 4.71. The van der Waals surface area contributed by atoms with Gasteiger partial charge in [0.05, 0.1) is 12.2 Å². The smallest absolute Gasteiger partial charge is 0.119 e. The van der Waals surface area contributed by atoms with E-state index in [1.807, 2.05) is 48.5 Å². The van der Waals surface area contributed by atoms with Crippen LogP contribution < -0.4 is 10.5 Å². The van der Waals surface area contributed by atoms with Crippen molar-refractivity contribution < 1.29 is 9.84 Å². The van der Waals surface area contributed by atoms with Gasteiger partial charge in [0.25, 0.3) is 0 Å². The van der Waals surface area contributed by atoms with Crippen molar-refractivity contribution in [1.82, 2.24) is 0 Å². The van der Waals surface area contributed by atoms with Gasteiger partial charge in [-0.1, -0.05) is 48.5 Å². The lowest BCUT2D eigenvalue weighted by Gasteiger charge is -2.24. The lowest BCUT2D eigenvalue weighted by atomic mass is 9.91. The van der Waals surface area contributed by atoms with Crippen LogP contribution in [0.5, 0.6) is 5.75 Å². The molecule has 2 aromatic rings. The highest BCUT2D eigenvalue weighted by atomic mass is 16.5. The van der Waals surface area contributed by atoms with E-state index in [1.165, 1.54) is 5.56 Å². The molecule has 122 valence electrons. The Balaban J connectivity index is 1.51. The molecule has 3 nitrogen and oxygen atoms in total. The quantitative estimate of drug-likeness (QED) is 0.861. The molecule has 0 amide bonds. The number of rotatable bonds is 6. The fraction of sp³-hybridized carbons (Fsp3) is 0.400. The molecule has 1 aliphatic rings. The van der Waals surface area contributed by atoms with E-state index in [0.717, 1.165) is 25.0 Å². The van der Waals surface area contributed by atoms with Crippen LogP contribution in [0.25, 0.3) is 0 Å². The minimum absolute atomic E-state index is 0.181. The van der Waals surface area contributed by atoms with Gasteiger partial charge in [0.2, 0.25) is 0 Å². The van der Waals surface area contributed by atoms with Crippen LogP contribution in [0.4, 0.5) is 0 Å². The summed E-state index contributed by atoms with van der Waals surface area (Å²) in [4.78, 5) is 0. The van der Waals surface area contributed by atoms with Crippen molar-refractivity contribution in [1.29, 1.82) is 0 Å². The second-order valence-corrected chi connectivity index (χ2v) is 6.47. The van der Waals surface area contributed by atoms with Crippen LogP contribution >= 0.6 is 0 Å². The van der Waals surface area contributed by atoms with E-state index in [4.69, 9.17) is 10.5 Å². The van der Waals surface area contributed by atoms with E-state index in [1.54, 1.807) is 0 Å². The first-order valence-electron chi connectivity index (χ1n) is 8.41. The summed E-state index contributed by atoms with van der Waals surface area (Å²) in [6, 6.07) is 19.8. The number of aliphatic hydroxyl groups excluding tert-OH is 1. The molecule has 0 radical (unpaired) electrons. The summed E-state index contributed by atoms with van der Waals surface area (Å²) in [5.74, 6) is 1.13. The third kappa shape index (κ3) is 4.34. The molecular weight excluding hydrogens is 286 g/mol. The minimum Gasteiger partial charge on any atom is -0.490 e. The second-order valence-electron chi connectivity index (χ2n) is 6.47. The summed E-state index contributed by atoms with van der Waals surface area (Å²) < 4.78 is 6.00.